The molecule has 0 bridgehead atoms. The molecule has 0 radical (unpaired) electrons. The maximum absolute atomic E-state index is 12.2. The summed E-state index contributed by atoms with van der Waals surface area (Å²) >= 11 is 5.95. The molecule has 0 aromatic heterocycles. The molecule has 0 spiro atoms. The molecular weight excluding hydrogens is 290 g/mol. The van der Waals surface area contributed by atoms with E-state index in [0.717, 1.165) is 17.7 Å². The van der Waals surface area contributed by atoms with Crippen LogP contribution in [0.2, 0.25) is 5.02 Å². The third-order valence-electron chi connectivity index (χ3n) is 3.29. The van der Waals surface area contributed by atoms with E-state index in [4.69, 9.17) is 16.3 Å². The van der Waals surface area contributed by atoms with Gasteiger partial charge in [-0.05, 0) is 36.6 Å². The van der Waals surface area contributed by atoms with Crippen LogP contribution < -0.4 is 10.1 Å². The predicted octanol–water partition coefficient (Wildman–Crippen LogP) is 2.64. The van der Waals surface area contributed by atoms with Crippen LogP contribution in [0.5, 0.6) is 5.75 Å². The highest BCUT2D eigenvalue weighted by Gasteiger charge is 2.20. The minimum atomic E-state index is -0.237. The molecule has 2 N–H and O–H groups in total. The molecule has 2 rings (SSSR count). The molecule has 1 atom stereocenters. The summed E-state index contributed by atoms with van der Waals surface area (Å²) in [6, 6.07) is 5.07. The van der Waals surface area contributed by atoms with Gasteiger partial charge in [0, 0.05) is 10.6 Å². The van der Waals surface area contributed by atoms with Crippen LogP contribution in [0.4, 0.5) is 0 Å². The third-order valence-corrected chi connectivity index (χ3v) is 3.52. The first kappa shape index (κ1) is 15.9. The van der Waals surface area contributed by atoms with E-state index in [0.29, 0.717) is 16.5 Å². The van der Waals surface area contributed by atoms with Gasteiger partial charge in [-0.2, -0.15) is 0 Å². The second-order valence-electron chi connectivity index (χ2n) is 5.62. The van der Waals surface area contributed by atoms with Crippen molar-refractivity contribution in [2.45, 2.75) is 26.3 Å². The van der Waals surface area contributed by atoms with E-state index >= 15 is 0 Å². The van der Waals surface area contributed by atoms with E-state index in [1.807, 2.05) is 0 Å². The summed E-state index contributed by atoms with van der Waals surface area (Å²) in [5, 5.41) is 12.8. The van der Waals surface area contributed by atoms with Gasteiger partial charge in [0.25, 0.3) is 5.91 Å². The fraction of sp³-hybridized carbons (Fsp3) is 0.438. The summed E-state index contributed by atoms with van der Waals surface area (Å²) in [4.78, 5) is 12.2. The fourth-order valence-corrected chi connectivity index (χ4v) is 2.49. The molecule has 0 saturated heterocycles. The van der Waals surface area contributed by atoms with Crippen LogP contribution >= 0.6 is 11.6 Å². The summed E-state index contributed by atoms with van der Waals surface area (Å²) in [5.74, 6) is 0.913. The summed E-state index contributed by atoms with van der Waals surface area (Å²) in [6.45, 7) is 4.26. The average molecular weight is 310 g/mol. The Bertz CT molecular complexity index is 554. The van der Waals surface area contributed by atoms with Crippen LogP contribution in [0.25, 0.3) is 6.08 Å². The lowest BCUT2D eigenvalue weighted by Gasteiger charge is -2.21. The van der Waals surface area contributed by atoms with Gasteiger partial charge in [-0.3, -0.25) is 4.79 Å². The number of aliphatic hydroxyl groups excluding tert-OH is 1. The first-order valence-corrected chi connectivity index (χ1v) is 7.42. The van der Waals surface area contributed by atoms with Gasteiger partial charge >= 0.3 is 0 Å². The summed E-state index contributed by atoms with van der Waals surface area (Å²) in [6.07, 6.45) is 2.52. The SMILES string of the molecule is CC(C)CC(CO)NC(=O)C1=Cc2cc(Cl)ccc2OC1. The van der Waals surface area contributed by atoms with Crippen LogP contribution in [-0.4, -0.2) is 30.3 Å². The lowest BCUT2D eigenvalue weighted by Crippen LogP contribution is -2.40. The Kier molecular flexibility index (Phi) is 5.26. The zero-order valence-corrected chi connectivity index (χ0v) is 13.0. The lowest BCUT2D eigenvalue weighted by molar-refractivity contribution is -0.118. The second kappa shape index (κ2) is 6.96. The van der Waals surface area contributed by atoms with Crippen molar-refractivity contribution < 1.29 is 14.6 Å². The standard InChI is InChI=1S/C16H20ClNO3/c1-10(2)5-14(8-19)18-16(20)12-6-11-7-13(17)3-4-15(11)21-9-12/h3-4,6-7,10,14,19H,5,8-9H2,1-2H3,(H,18,20). The number of rotatable bonds is 5. The number of carbonyl (C=O) groups excluding carboxylic acids is 1. The average Bonchev–Trinajstić information content (AvgIpc) is 2.45. The van der Waals surface area contributed by atoms with Crippen molar-refractivity contribution in [3.8, 4) is 5.75 Å². The van der Waals surface area contributed by atoms with Crippen molar-refractivity contribution >= 4 is 23.6 Å². The van der Waals surface area contributed by atoms with Crippen molar-refractivity contribution in [1.82, 2.24) is 5.32 Å². The smallest absolute Gasteiger partial charge is 0.250 e. The molecule has 4 nitrogen and oxygen atoms in total. The molecular formula is C16H20ClNO3. The maximum atomic E-state index is 12.2. The molecule has 1 amide bonds. The molecule has 0 aliphatic carbocycles. The highest BCUT2D eigenvalue weighted by atomic mass is 35.5. The molecule has 0 saturated carbocycles. The topological polar surface area (TPSA) is 58.6 Å². The number of hydrogen-bond donors (Lipinski definition) is 2. The Labute approximate surface area is 129 Å². The first-order valence-electron chi connectivity index (χ1n) is 7.04. The molecule has 5 heteroatoms. The minimum Gasteiger partial charge on any atom is -0.488 e. The molecule has 0 fully saturated rings. The normalized spacial score (nSPS) is 15.0. The van der Waals surface area contributed by atoms with Crippen molar-refractivity contribution in [2.24, 2.45) is 5.92 Å². The molecule has 21 heavy (non-hydrogen) atoms. The molecule has 1 heterocycles. The molecule has 1 aromatic carbocycles. The van der Waals surface area contributed by atoms with Crippen LogP contribution in [0.1, 0.15) is 25.8 Å². The summed E-state index contributed by atoms with van der Waals surface area (Å²) in [7, 11) is 0. The van der Waals surface area contributed by atoms with Gasteiger partial charge in [0.05, 0.1) is 18.2 Å². The number of aliphatic hydroxyl groups is 1. The molecule has 114 valence electrons. The number of ether oxygens (including phenoxy) is 1. The van der Waals surface area contributed by atoms with Crippen LogP contribution in [0.3, 0.4) is 0 Å². The number of nitrogens with one attached hydrogen (secondary N) is 1. The number of carbonyl (C=O) groups is 1. The highest BCUT2D eigenvalue weighted by Crippen LogP contribution is 2.29. The highest BCUT2D eigenvalue weighted by molar-refractivity contribution is 6.30. The fourth-order valence-electron chi connectivity index (χ4n) is 2.31. The minimum absolute atomic E-state index is 0.0690. The second-order valence-corrected chi connectivity index (χ2v) is 6.06. The van der Waals surface area contributed by atoms with Gasteiger partial charge in [-0.15, -0.1) is 0 Å². The maximum Gasteiger partial charge on any atom is 0.250 e. The first-order chi connectivity index (χ1) is 9.99. The summed E-state index contributed by atoms with van der Waals surface area (Å²) < 4.78 is 5.56. The Morgan fingerprint density at radius 1 is 1.48 bits per heavy atom. The van der Waals surface area contributed by atoms with E-state index in [-0.39, 0.29) is 25.2 Å². The molecule has 1 aliphatic heterocycles. The largest absolute Gasteiger partial charge is 0.488 e. The van der Waals surface area contributed by atoms with Crippen molar-refractivity contribution in [3.05, 3.63) is 34.4 Å². The Balaban J connectivity index is 2.09. The van der Waals surface area contributed by atoms with E-state index in [1.165, 1.54) is 0 Å². The van der Waals surface area contributed by atoms with Gasteiger partial charge in [-0.1, -0.05) is 25.4 Å². The van der Waals surface area contributed by atoms with Crippen molar-refractivity contribution in [3.63, 3.8) is 0 Å². The predicted molar refractivity (Wildman–Crippen MR) is 83.4 cm³/mol. The third kappa shape index (κ3) is 4.22. The number of fused-ring (bicyclic) bond motifs is 1. The van der Waals surface area contributed by atoms with E-state index in [9.17, 15) is 9.90 Å². The summed E-state index contributed by atoms with van der Waals surface area (Å²) in [5.41, 5.74) is 1.33. The molecule has 1 unspecified atom stereocenters. The van der Waals surface area contributed by atoms with Crippen LogP contribution in [-0.2, 0) is 4.79 Å². The van der Waals surface area contributed by atoms with Gasteiger partial charge in [-0.25, -0.2) is 0 Å². The van der Waals surface area contributed by atoms with Crippen molar-refractivity contribution in [1.29, 1.82) is 0 Å². The zero-order chi connectivity index (χ0) is 15.4. The van der Waals surface area contributed by atoms with Gasteiger partial charge < -0.3 is 15.2 Å². The van der Waals surface area contributed by atoms with Crippen LogP contribution in [0.15, 0.2) is 23.8 Å². The van der Waals surface area contributed by atoms with Crippen LogP contribution in [0, 0.1) is 5.92 Å². The number of benzene rings is 1. The number of hydrogen-bond acceptors (Lipinski definition) is 3. The Morgan fingerprint density at radius 3 is 2.90 bits per heavy atom. The Hall–Kier alpha value is -1.52. The lowest BCUT2D eigenvalue weighted by atomic mass is 10.0. The quantitative estimate of drug-likeness (QED) is 0.879. The number of amides is 1. The van der Waals surface area contributed by atoms with Gasteiger partial charge in [0.2, 0.25) is 0 Å². The molecule has 1 aromatic rings. The van der Waals surface area contributed by atoms with E-state index in [2.05, 4.69) is 19.2 Å². The van der Waals surface area contributed by atoms with Crippen molar-refractivity contribution in [2.75, 3.05) is 13.2 Å². The molecule has 1 aliphatic rings. The van der Waals surface area contributed by atoms with E-state index < -0.39 is 0 Å². The Morgan fingerprint density at radius 2 is 2.24 bits per heavy atom. The van der Waals surface area contributed by atoms with Gasteiger partial charge in [0.1, 0.15) is 12.4 Å². The monoisotopic (exact) mass is 309 g/mol. The zero-order valence-electron chi connectivity index (χ0n) is 12.2. The van der Waals surface area contributed by atoms with E-state index in [1.54, 1.807) is 24.3 Å². The number of halogens is 1. The van der Waals surface area contributed by atoms with Gasteiger partial charge in [0.15, 0.2) is 0 Å².